The average Bonchev–Trinajstić information content (AvgIpc) is 2.39. The van der Waals surface area contributed by atoms with E-state index in [9.17, 15) is 0 Å². The summed E-state index contributed by atoms with van der Waals surface area (Å²) in [6.07, 6.45) is 0.799. The molecule has 0 aliphatic heterocycles. The van der Waals surface area contributed by atoms with Crippen molar-refractivity contribution in [3.05, 3.63) is 69.7 Å². The Kier molecular flexibility index (Phi) is 4.94. The molecular formula is C15H13Cl3. The fourth-order valence-electron chi connectivity index (χ4n) is 1.98. The van der Waals surface area contributed by atoms with Gasteiger partial charge in [0.2, 0.25) is 0 Å². The molecular weight excluding hydrogens is 287 g/mol. The highest BCUT2D eigenvalue weighted by atomic mass is 35.5. The molecule has 0 heterocycles. The number of alkyl halides is 1. The Labute approximate surface area is 122 Å². The lowest BCUT2D eigenvalue weighted by Gasteiger charge is -2.16. The van der Waals surface area contributed by atoms with Crippen molar-refractivity contribution in [2.45, 2.75) is 12.3 Å². The maximum absolute atomic E-state index is 6.21. The maximum atomic E-state index is 6.21. The van der Waals surface area contributed by atoms with E-state index in [0.29, 0.717) is 5.88 Å². The molecule has 0 aromatic heterocycles. The third kappa shape index (κ3) is 3.20. The Morgan fingerprint density at radius 1 is 0.833 bits per heavy atom. The van der Waals surface area contributed by atoms with Gasteiger partial charge in [-0.3, -0.25) is 0 Å². The fraction of sp³-hybridized carbons (Fsp3) is 0.200. The Morgan fingerprint density at radius 2 is 1.44 bits per heavy atom. The zero-order chi connectivity index (χ0) is 13.0. The van der Waals surface area contributed by atoms with Crippen LogP contribution in [0.4, 0.5) is 0 Å². The van der Waals surface area contributed by atoms with E-state index in [1.165, 1.54) is 0 Å². The van der Waals surface area contributed by atoms with Crippen molar-refractivity contribution in [3.63, 3.8) is 0 Å². The van der Waals surface area contributed by atoms with Gasteiger partial charge in [0.1, 0.15) is 0 Å². The summed E-state index contributed by atoms with van der Waals surface area (Å²) in [6.45, 7) is 0. The third-order valence-corrected chi connectivity index (χ3v) is 4.04. The van der Waals surface area contributed by atoms with Crippen molar-refractivity contribution in [1.82, 2.24) is 0 Å². The van der Waals surface area contributed by atoms with Crippen molar-refractivity contribution in [3.8, 4) is 0 Å². The van der Waals surface area contributed by atoms with E-state index in [1.54, 1.807) is 0 Å². The summed E-state index contributed by atoms with van der Waals surface area (Å²) in [7, 11) is 0. The van der Waals surface area contributed by atoms with Crippen LogP contribution in [0.2, 0.25) is 10.0 Å². The molecule has 2 aromatic rings. The predicted octanol–water partition coefficient (Wildman–Crippen LogP) is 5.56. The van der Waals surface area contributed by atoms with Crippen molar-refractivity contribution in [2.75, 3.05) is 5.88 Å². The van der Waals surface area contributed by atoms with Crippen molar-refractivity contribution >= 4 is 34.8 Å². The van der Waals surface area contributed by atoms with Gasteiger partial charge in [0.15, 0.2) is 0 Å². The van der Waals surface area contributed by atoms with E-state index in [0.717, 1.165) is 27.6 Å². The fourth-order valence-corrected chi connectivity index (χ4v) is 2.76. The van der Waals surface area contributed by atoms with Crippen LogP contribution in [-0.4, -0.2) is 5.88 Å². The van der Waals surface area contributed by atoms with Crippen LogP contribution in [-0.2, 0) is 6.42 Å². The molecule has 0 bridgehead atoms. The molecule has 3 heteroatoms. The minimum atomic E-state index is 0.181. The van der Waals surface area contributed by atoms with Crippen LogP contribution in [0, 0.1) is 0 Å². The molecule has 0 fully saturated rings. The van der Waals surface area contributed by atoms with E-state index in [2.05, 4.69) is 0 Å². The van der Waals surface area contributed by atoms with Gasteiger partial charge in [-0.15, -0.1) is 11.6 Å². The van der Waals surface area contributed by atoms with Gasteiger partial charge in [0, 0.05) is 21.8 Å². The lowest BCUT2D eigenvalue weighted by atomic mass is 9.93. The second-order valence-corrected chi connectivity index (χ2v) is 5.29. The monoisotopic (exact) mass is 298 g/mol. The van der Waals surface area contributed by atoms with Crippen molar-refractivity contribution < 1.29 is 0 Å². The predicted molar refractivity (Wildman–Crippen MR) is 80.1 cm³/mol. The Morgan fingerprint density at radius 3 is 2.06 bits per heavy atom. The quantitative estimate of drug-likeness (QED) is 0.648. The molecule has 0 aliphatic carbocycles. The average molecular weight is 300 g/mol. The number of rotatable bonds is 4. The summed E-state index contributed by atoms with van der Waals surface area (Å²) < 4.78 is 0. The van der Waals surface area contributed by atoms with Crippen LogP contribution < -0.4 is 0 Å². The first-order chi connectivity index (χ1) is 8.72. The van der Waals surface area contributed by atoms with Gasteiger partial charge in [-0.05, 0) is 29.7 Å². The van der Waals surface area contributed by atoms with Crippen LogP contribution in [0.1, 0.15) is 17.0 Å². The van der Waals surface area contributed by atoms with Crippen LogP contribution in [0.25, 0.3) is 0 Å². The highest BCUT2D eigenvalue weighted by Crippen LogP contribution is 2.30. The molecule has 0 saturated carbocycles. The Bertz CT molecular complexity index is 523. The summed E-state index contributed by atoms with van der Waals surface area (Å²) in [4.78, 5) is 0. The molecule has 1 atom stereocenters. The smallest absolute Gasteiger partial charge is 0.0441 e. The molecule has 18 heavy (non-hydrogen) atoms. The molecule has 0 N–H and O–H groups in total. The summed E-state index contributed by atoms with van der Waals surface area (Å²) in [6, 6.07) is 15.7. The highest BCUT2D eigenvalue weighted by molar-refractivity contribution is 6.32. The van der Waals surface area contributed by atoms with Crippen LogP contribution >= 0.6 is 34.8 Å². The lowest BCUT2D eigenvalue weighted by Crippen LogP contribution is -2.05. The number of benzene rings is 2. The summed E-state index contributed by atoms with van der Waals surface area (Å²) >= 11 is 18.5. The second-order valence-electron chi connectivity index (χ2n) is 4.17. The topological polar surface area (TPSA) is 0 Å². The van der Waals surface area contributed by atoms with E-state index in [-0.39, 0.29) is 5.92 Å². The van der Waals surface area contributed by atoms with Gasteiger partial charge in [-0.2, -0.15) is 0 Å². The number of hydrogen-bond acceptors (Lipinski definition) is 0. The van der Waals surface area contributed by atoms with E-state index in [4.69, 9.17) is 34.8 Å². The van der Waals surface area contributed by atoms with Gasteiger partial charge < -0.3 is 0 Å². The normalized spacial score (nSPS) is 12.4. The molecule has 2 rings (SSSR count). The molecule has 0 radical (unpaired) electrons. The molecule has 94 valence electrons. The standard InChI is InChI=1S/C15H13Cl3/c16-10-12(13-6-2-4-8-15(13)18)9-11-5-1-3-7-14(11)17/h1-8,12H,9-10H2. The third-order valence-electron chi connectivity index (χ3n) is 2.96. The van der Waals surface area contributed by atoms with Gasteiger partial charge in [-0.25, -0.2) is 0 Å². The first kappa shape index (κ1) is 13.7. The highest BCUT2D eigenvalue weighted by Gasteiger charge is 2.15. The SMILES string of the molecule is ClCC(Cc1ccccc1Cl)c1ccccc1Cl. The Balaban J connectivity index is 2.26. The minimum Gasteiger partial charge on any atom is -0.126 e. The van der Waals surface area contributed by atoms with Crippen molar-refractivity contribution in [1.29, 1.82) is 0 Å². The second kappa shape index (κ2) is 6.47. The summed E-state index contributed by atoms with van der Waals surface area (Å²) in [5, 5.41) is 1.54. The van der Waals surface area contributed by atoms with Gasteiger partial charge >= 0.3 is 0 Å². The first-order valence-electron chi connectivity index (χ1n) is 5.76. The van der Waals surface area contributed by atoms with E-state index >= 15 is 0 Å². The van der Waals surface area contributed by atoms with Crippen molar-refractivity contribution in [2.24, 2.45) is 0 Å². The van der Waals surface area contributed by atoms with Gasteiger partial charge in [0.05, 0.1) is 0 Å². The first-order valence-corrected chi connectivity index (χ1v) is 7.05. The molecule has 0 saturated heterocycles. The molecule has 1 unspecified atom stereocenters. The molecule has 0 aliphatic rings. The van der Waals surface area contributed by atoms with Crippen LogP contribution in [0.3, 0.4) is 0 Å². The number of hydrogen-bond donors (Lipinski definition) is 0. The molecule has 0 nitrogen and oxygen atoms in total. The minimum absolute atomic E-state index is 0.181. The van der Waals surface area contributed by atoms with E-state index in [1.807, 2.05) is 48.5 Å². The van der Waals surface area contributed by atoms with Gasteiger partial charge in [-0.1, -0.05) is 59.6 Å². The summed E-state index contributed by atoms with van der Waals surface area (Å²) in [5.41, 5.74) is 2.18. The zero-order valence-corrected chi connectivity index (χ0v) is 12.0. The number of halogens is 3. The molecule has 2 aromatic carbocycles. The molecule has 0 amide bonds. The van der Waals surface area contributed by atoms with Gasteiger partial charge in [0.25, 0.3) is 0 Å². The van der Waals surface area contributed by atoms with Crippen LogP contribution in [0.5, 0.6) is 0 Å². The largest absolute Gasteiger partial charge is 0.126 e. The molecule has 0 spiro atoms. The maximum Gasteiger partial charge on any atom is 0.0441 e. The van der Waals surface area contributed by atoms with Crippen LogP contribution in [0.15, 0.2) is 48.5 Å². The Hall–Kier alpha value is -0.690. The van der Waals surface area contributed by atoms with E-state index < -0.39 is 0 Å². The lowest BCUT2D eigenvalue weighted by molar-refractivity contribution is 0.767. The zero-order valence-electron chi connectivity index (χ0n) is 9.74. The summed E-state index contributed by atoms with van der Waals surface area (Å²) in [5.74, 6) is 0.704.